The van der Waals surface area contributed by atoms with Crippen molar-refractivity contribution in [2.45, 2.75) is 19.9 Å². The largest absolute Gasteiger partial charge is 0.384 e. The smallest absolute Gasteiger partial charge is 0.261 e. The molecule has 0 saturated carbocycles. The number of rotatable bonds is 7. The van der Waals surface area contributed by atoms with Crippen molar-refractivity contribution in [2.24, 2.45) is 10.9 Å². The number of nitrogens with zero attached hydrogens (tertiary/aromatic N) is 2. The van der Waals surface area contributed by atoms with E-state index in [2.05, 4.69) is 15.5 Å². The number of amides is 1. The van der Waals surface area contributed by atoms with Crippen LogP contribution in [0.25, 0.3) is 0 Å². The summed E-state index contributed by atoms with van der Waals surface area (Å²) in [6, 6.07) is 5.87. The van der Waals surface area contributed by atoms with Crippen molar-refractivity contribution in [3.05, 3.63) is 51.7 Å². The van der Waals surface area contributed by atoms with Gasteiger partial charge in [0.1, 0.15) is 11.7 Å². The van der Waals surface area contributed by atoms with Gasteiger partial charge in [-0.25, -0.2) is 9.37 Å². The Labute approximate surface area is 137 Å². The average Bonchev–Trinajstić information content (AvgIpc) is 2.91. The summed E-state index contributed by atoms with van der Waals surface area (Å²) in [4.78, 5) is 20.8. The van der Waals surface area contributed by atoms with Gasteiger partial charge in [-0.05, 0) is 24.6 Å². The van der Waals surface area contributed by atoms with E-state index in [-0.39, 0.29) is 24.2 Å². The van der Waals surface area contributed by atoms with Gasteiger partial charge >= 0.3 is 0 Å². The Morgan fingerprint density at radius 3 is 2.83 bits per heavy atom. The van der Waals surface area contributed by atoms with Gasteiger partial charge in [-0.1, -0.05) is 17.3 Å². The minimum atomic E-state index is -0.338. The van der Waals surface area contributed by atoms with E-state index in [1.807, 2.05) is 12.3 Å². The van der Waals surface area contributed by atoms with E-state index >= 15 is 0 Å². The highest BCUT2D eigenvalue weighted by Gasteiger charge is 2.04. The number of hydrogen-bond acceptors (Lipinski definition) is 5. The standard InChI is InChI=1S/C15H17FN4O2S/c1-10-19-13(9-23-10)6-14(17)20-22-8-15(21)18-7-11-2-4-12(16)5-3-11/h2-5,9H,6-8H2,1H3,(H2,17,20)(H,18,21). The highest BCUT2D eigenvalue weighted by Crippen LogP contribution is 2.08. The van der Waals surface area contributed by atoms with Crippen molar-refractivity contribution in [1.29, 1.82) is 0 Å². The second kappa shape index (κ2) is 8.23. The number of aromatic nitrogens is 1. The summed E-state index contributed by atoms with van der Waals surface area (Å²) in [5.74, 6) is -0.402. The van der Waals surface area contributed by atoms with Crippen LogP contribution in [0, 0.1) is 12.7 Å². The maximum Gasteiger partial charge on any atom is 0.261 e. The molecule has 8 heteroatoms. The molecule has 3 N–H and O–H groups in total. The SMILES string of the molecule is Cc1nc(CC(N)=NOCC(=O)NCc2ccc(F)cc2)cs1. The van der Waals surface area contributed by atoms with Gasteiger partial charge in [0.05, 0.1) is 17.1 Å². The molecular formula is C15H17FN4O2S. The quantitative estimate of drug-likeness (QED) is 0.458. The summed E-state index contributed by atoms with van der Waals surface area (Å²) in [5.41, 5.74) is 7.31. The molecule has 1 heterocycles. The van der Waals surface area contributed by atoms with E-state index in [1.165, 1.54) is 23.5 Å². The second-order valence-electron chi connectivity index (χ2n) is 4.79. The van der Waals surface area contributed by atoms with Crippen molar-refractivity contribution in [3.63, 3.8) is 0 Å². The summed E-state index contributed by atoms with van der Waals surface area (Å²) in [6.45, 7) is 1.96. The maximum absolute atomic E-state index is 12.7. The first-order chi connectivity index (χ1) is 11.0. The summed E-state index contributed by atoms with van der Waals surface area (Å²) in [7, 11) is 0. The van der Waals surface area contributed by atoms with Crippen LogP contribution in [0.15, 0.2) is 34.8 Å². The topological polar surface area (TPSA) is 89.6 Å². The van der Waals surface area contributed by atoms with Crippen molar-refractivity contribution < 1.29 is 14.0 Å². The van der Waals surface area contributed by atoms with Crippen molar-refractivity contribution in [3.8, 4) is 0 Å². The number of halogens is 1. The molecule has 0 aliphatic rings. The Balaban J connectivity index is 1.69. The molecule has 0 aliphatic heterocycles. The maximum atomic E-state index is 12.7. The molecule has 2 rings (SSSR count). The number of aryl methyl sites for hydroxylation is 1. The number of benzene rings is 1. The molecule has 122 valence electrons. The molecule has 0 bridgehead atoms. The van der Waals surface area contributed by atoms with E-state index in [0.717, 1.165) is 16.3 Å². The van der Waals surface area contributed by atoms with Crippen LogP contribution in [-0.2, 0) is 22.6 Å². The molecule has 6 nitrogen and oxygen atoms in total. The van der Waals surface area contributed by atoms with Crippen LogP contribution in [0.5, 0.6) is 0 Å². The molecule has 23 heavy (non-hydrogen) atoms. The lowest BCUT2D eigenvalue weighted by atomic mass is 10.2. The first-order valence-electron chi connectivity index (χ1n) is 6.89. The van der Waals surface area contributed by atoms with Crippen molar-refractivity contribution in [1.82, 2.24) is 10.3 Å². The highest BCUT2D eigenvalue weighted by molar-refractivity contribution is 7.09. The zero-order chi connectivity index (χ0) is 16.7. The Bertz CT molecular complexity index is 685. The van der Waals surface area contributed by atoms with E-state index in [0.29, 0.717) is 13.0 Å². The molecular weight excluding hydrogens is 319 g/mol. The normalized spacial score (nSPS) is 11.3. The fourth-order valence-corrected chi connectivity index (χ4v) is 2.35. The van der Waals surface area contributed by atoms with Crippen LogP contribution in [0.2, 0.25) is 0 Å². The molecule has 0 atom stereocenters. The lowest BCUT2D eigenvalue weighted by molar-refractivity contribution is -0.125. The van der Waals surface area contributed by atoms with Gasteiger partial charge in [0.15, 0.2) is 6.61 Å². The number of amidine groups is 1. The van der Waals surface area contributed by atoms with Gasteiger partial charge in [-0.15, -0.1) is 11.3 Å². The van der Waals surface area contributed by atoms with E-state index in [9.17, 15) is 9.18 Å². The first kappa shape index (κ1) is 16.9. The lowest BCUT2D eigenvalue weighted by Gasteiger charge is -2.05. The Morgan fingerprint density at radius 1 is 1.43 bits per heavy atom. The molecule has 0 unspecified atom stereocenters. The third kappa shape index (κ3) is 6.03. The van der Waals surface area contributed by atoms with Crippen LogP contribution in [-0.4, -0.2) is 23.3 Å². The van der Waals surface area contributed by atoms with E-state index in [4.69, 9.17) is 10.6 Å². The molecule has 0 saturated heterocycles. The van der Waals surface area contributed by atoms with Crippen LogP contribution >= 0.6 is 11.3 Å². The van der Waals surface area contributed by atoms with Gasteiger partial charge in [-0.2, -0.15) is 0 Å². The zero-order valence-corrected chi connectivity index (χ0v) is 13.4. The molecule has 1 aromatic heterocycles. The highest BCUT2D eigenvalue weighted by atomic mass is 32.1. The first-order valence-corrected chi connectivity index (χ1v) is 7.77. The van der Waals surface area contributed by atoms with Crippen molar-refractivity contribution in [2.75, 3.05) is 6.61 Å². The molecule has 0 spiro atoms. The Hall–Kier alpha value is -2.48. The Kier molecular flexibility index (Phi) is 6.04. The molecule has 0 radical (unpaired) electrons. The second-order valence-corrected chi connectivity index (χ2v) is 5.86. The molecule has 1 amide bonds. The average molecular weight is 336 g/mol. The predicted molar refractivity (Wildman–Crippen MR) is 86.4 cm³/mol. The van der Waals surface area contributed by atoms with Crippen LogP contribution < -0.4 is 11.1 Å². The minimum Gasteiger partial charge on any atom is -0.384 e. The van der Waals surface area contributed by atoms with Gasteiger partial charge in [0.25, 0.3) is 5.91 Å². The Morgan fingerprint density at radius 2 is 2.17 bits per heavy atom. The number of hydrogen-bond donors (Lipinski definition) is 2. The van der Waals surface area contributed by atoms with Gasteiger partial charge in [0, 0.05) is 11.9 Å². The molecule has 0 aliphatic carbocycles. The molecule has 2 aromatic rings. The number of oxime groups is 1. The zero-order valence-electron chi connectivity index (χ0n) is 12.6. The van der Waals surface area contributed by atoms with Gasteiger partial charge < -0.3 is 15.9 Å². The fraction of sp³-hybridized carbons (Fsp3) is 0.267. The summed E-state index contributed by atoms with van der Waals surface area (Å²) >= 11 is 1.53. The number of carbonyl (C=O) groups excluding carboxylic acids is 1. The number of nitrogens with one attached hydrogen (secondary N) is 1. The monoisotopic (exact) mass is 336 g/mol. The summed E-state index contributed by atoms with van der Waals surface area (Å²) in [6.07, 6.45) is 0.377. The van der Waals surface area contributed by atoms with Crippen LogP contribution in [0.1, 0.15) is 16.3 Å². The molecule has 0 fully saturated rings. The third-order valence-corrected chi connectivity index (χ3v) is 3.63. The number of nitrogens with two attached hydrogens (primary N) is 1. The van der Waals surface area contributed by atoms with Gasteiger partial charge in [-0.3, -0.25) is 4.79 Å². The minimum absolute atomic E-state index is 0.238. The van der Waals surface area contributed by atoms with Crippen LogP contribution in [0.4, 0.5) is 4.39 Å². The van der Waals surface area contributed by atoms with E-state index < -0.39 is 0 Å². The van der Waals surface area contributed by atoms with Crippen LogP contribution in [0.3, 0.4) is 0 Å². The summed E-state index contributed by atoms with van der Waals surface area (Å²) < 4.78 is 12.7. The fourth-order valence-electron chi connectivity index (χ4n) is 1.74. The van der Waals surface area contributed by atoms with Gasteiger partial charge in [0.2, 0.25) is 0 Å². The predicted octanol–water partition coefficient (Wildman–Crippen LogP) is 1.74. The number of thiazole rings is 1. The lowest BCUT2D eigenvalue weighted by Crippen LogP contribution is -2.27. The van der Waals surface area contributed by atoms with E-state index in [1.54, 1.807) is 12.1 Å². The summed E-state index contributed by atoms with van der Waals surface area (Å²) in [5, 5.41) is 9.17. The molecule has 1 aromatic carbocycles. The number of carbonyl (C=O) groups is 1. The third-order valence-electron chi connectivity index (χ3n) is 2.81. The van der Waals surface area contributed by atoms with Crippen molar-refractivity contribution >= 4 is 23.1 Å².